The van der Waals surface area contributed by atoms with Gasteiger partial charge in [-0.25, -0.2) is 9.97 Å². The Balaban J connectivity index is 2.67. The van der Waals surface area contributed by atoms with E-state index in [1.807, 2.05) is 13.1 Å². The third-order valence-electron chi connectivity index (χ3n) is 1.48. The van der Waals surface area contributed by atoms with E-state index in [0.29, 0.717) is 12.6 Å². The van der Waals surface area contributed by atoms with Gasteiger partial charge in [-0.3, -0.25) is 0 Å². The van der Waals surface area contributed by atoms with Crippen LogP contribution in [-0.2, 0) is 6.54 Å². The lowest BCUT2D eigenvalue weighted by atomic mass is 10.4. The maximum Gasteiger partial charge on any atom is 0.144 e. The highest BCUT2D eigenvalue weighted by atomic mass is 15.1. The summed E-state index contributed by atoms with van der Waals surface area (Å²) < 4.78 is 0. The van der Waals surface area contributed by atoms with E-state index in [4.69, 9.17) is 0 Å². The van der Waals surface area contributed by atoms with Crippen molar-refractivity contribution in [2.45, 2.75) is 26.4 Å². The van der Waals surface area contributed by atoms with Crippen molar-refractivity contribution in [3.63, 3.8) is 0 Å². The lowest BCUT2D eigenvalue weighted by molar-refractivity contribution is 0.755. The number of hydrogen-bond acceptors (Lipinski definition) is 4. The van der Waals surface area contributed by atoms with E-state index >= 15 is 0 Å². The van der Waals surface area contributed by atoms with Crippen molar-refractivity contribution in [3.05, 3.63) is 18.1 Å². The van der Waals surface area contributed by atoms with Crippen LogP contribution in [-0.4, -0.2) is 23.1 Å². The third kappa shape index (κ3) is 3.38. The first-order valence-corrected chi connectivity index (χ1v) is 4.45. The number of nitrogens with zero attached hydrogens (tertiary/aromatic N) is 2. The van der Waals surface area contributed by atoms with Gasteiger partial charge in [-0.15, -0.1) is 0 Å². The predicted octanol–water partition coefficient (Wildman–Crippen LogP) is 1.02. The highest BCUT2D eigenvalue weighted by molar-refractivity contribution is 5.33. The topological polar surface area (TPSA) is 49.8 Å². The summed E-state index contributed by atoms with van der Waals surface area (Å²) in [5.74, 6) is 1.70. The summed E-state index contributed by atoms with van der Waals surface area (Å²) in [4.78, 5) is 8.44. The van der Waals surface area contributed by atoms with E-state index in [2.05, 4.69) is 34.4 Å². The first-order valence-electron chi connectivity index (χ1n) is 4.45. The fourth-order valence-corrected chi connectivity index (χ4v) is 1.02. The minimum absolute atomic E-state index is 0.400. The molecule has 0 aliphatic rings. The smallest absolute Gasteiger partial charge is 0.144 e. The van der Waals surface area contributed by atoms with Crippen LogP contribution in [0.2, 0.25) is 0 Å². The lowest BCUT2D eigenvalue weighted by Gasteiger charge is -2.09. The molecule has 1 rings (SSSR count). The molecular formula is C9H16N4. The van der Waals surface area contributed by atoms with Gasteiger partial charge in [0.1, 0.15) is 11.6 Å². The van der Waals surface area contributed by atoms with Gasteiger partial charge in [0.2, 0.25) is 0 Å². The van der Waals surface area contributed by atoms with Crippen LogP contribution in [0.3, 0.4) is 0 Å². The molecular weight excluding hydrogens is 164 g/mol. The molecule has 0 amide bonds. The Bertz CT molecular complexity index is 260. The summed E-state index contributed by atoms with van der Waals surface area (Å²) in [6.07, 6.45) is 1.77. The molecule has 0 radical (unpaired) electrons. The molecule has 72 valence electrons. The van der Waals surface area contributed by atoms with Gasteiger partial charge in [-0.2, -0.15) is 0 Å². The standard InChI is InChI=1S/C9H16N4/c1-7(2)12-8-4-5-11-9(13-8)6-10-3/h4-5,7,10H,6H2,1-3H3,(H,11,12,13). The quantitative estimate of drug-likeness (QED) is 0.726. The molecule has 0 unspecified atom stereocenters. The molecule has 0 saturated carbocycles. The molecule has 0 atom stereocenters. The number of anilines is 1. The van der Waals surface area contributed by atoms with Gasteiger partial charge in [-0.05, 0) is 27.0 Å². The van der Waals surface area contributed by atoms with Crippen molar-refractivity contribution >= 4 is 5.82 Å². The highest BCUT2D eigenvalue weighted by Gasteiger charge is 1.98. The zero-order valence-corrected chi connectivity index (χ0v) is 8.33. The van der Waals surface area contributed by atoms with Crippen LogP contribution < -0.4 is 10.6 Å². The highest BCUT2D eigenvalue weighted by Crippen LogP contribution is 2.03. The van der Waals surface area contributed by atoms with Gasteiger partial charge < -0.3 is 10.6 Å². The minimum atomic E-state index is 0.400. The summed E-state index contributed by atoms with van der Waals surface area (Å²) in [5, 5.41) is 6.24. The van der Waals surface area contributed by atoms with Crippen molar-refractivity contribution < 1.29 is 0 Å². The van der Waals surface area contributed by atoms with Crippen LogP contribution in [0.1, 0.15) is 19.7 Å². The second kappa shape index (κ2) is 4.77. The van der Waals surface area contributed by atoms with Crippen LogP contribution in [0.25, 0.3) is 0 Å². The van der Waals surface area contributed by atoms with Gasteiger partial charge in [0.15, 0.2) is 0 Å². The summed E-state index contributed by atoms with van der Waals surface area (Å²) in [6.45, 7) is 4.87. The minimum Gasteiger partial charge on any atom is -0.368 e. The Morgan fingerprint density at radius 1 is 1.46 bits per heavy atom. The maximum atomic E-state index is 4.32. The van der Waals surface area contributed by atoms with E-state index in [1.165, 1.54) is 0 Å². The molecule has 1 aromatic heterocycles. The van der Waals surface area contributed by atoms with Gasteiger partial charge in [0.25, 0.3) is 0 Å². The average Bonchev–Trinajstić information content (AvgIpc) is 2.04. The van der Waals surface area contributed by atoms with E-state index in [0.717, 1.165) is 11.6 Å². The monoisotopic (exact) mass is 180 g/mol. The maximum absolute atomic E-state index is 4.32. The molecule has 0 spiro atoms. The molecule has 0 saturated heterocycles. The Morgan fingerprint density at radius 3 is 2.85 bits per heavy atom. The van der Waals surface area contributed by atoms with Gasteiger partial charge in [0, 0.05) is 12.2 Å². The number of rotatable bonds is 4. The first kappa shape index (κ1) is 9.92. The molecule has 0 aliphatic heterocycles. The Labute approximate surface area is 78.8 Å². The Morgan fingerprint density at radius 2 is 2.23 bits per heavy atom. The van der Waals surface area contributed by atoms with Crippen LogP contribution in [0.5, 0.6) is 0 Å². The summed E-state index contributed by atoms with van der Waals surface area (Å²) >= 11 is 0. The van der Waals surface area contributed by atoms with Crippen molar-refractivity contribution in [2.24, 2.45) is 0 Å². The Hall–Kier alpha value is -1.16. The summed E-state index contributed by atoms with van der Waals surface area (Å²) in [7, 11) is 1.88. The van der Waals surface area contributed by atoms with Crippen molar-refractivity contribution in [3.8, 4) is 0 Å². The average molecular weight is 180 g/mol. The second-order valence-corrected chi connectivity index (χ2v) is 3.19. The van der Waals surface area contributed by atoms with Crippen LogP contribution in [0, 0.1) is 0 Å². The van der Waals surface area contributed by atoms with Gasteiger partial charge in [-0.1, -0.05) is 0 Å². The second-order valence-electron chi connectivity index (χ2n) is 3.19. The third-order valence-corrected chi connectivity index (χ3v) is 1.48. The van der Waals surface area contributed by atoms with Crippen LogP contribution >= 0.6 is 0 Å². The molecule has 2 N–H and O–H groups in total. The molecule has 0 aromatic carbocycles. The normalized spacial score (nSPS) is 10.5. The molecule has 0 aliphatic carbocycles. The lowest BCUT2D eigenvalue weighted by Crippen LogP contribution is -2.14. The molecule has 13 heavy (non-hydrogen) atoms. The molecule has 0 bridgehead atoms. The zero-order valence-electron chi connectivity index (χ0n) is 8.33. The van der Waals surface area contributed by atoms with E-state index in [-0.39, 0.29) is 0 Å². The zero-order chi connectivity index (χ0) is 9.68. The molecule has 4 nitrogen and oxygen atoms in total. The summed E-state index contributed by atoms with van der Waals surface area (Å²) in [6, 6.07) is 2.27. The largest absolute Gasteiger partial charge is 0.368 e. The molecule has 1 aromatic rings. The Kier molecular flexibility index (Phi) is 3.64. The molecule has 1 heterocycles. The molecule has 0 fully saturated rings. The van der Waals surface area contributed by atoms with Gasteiger partial charge in [0.05, 0.1) is 6.54 Å². The first-order chi connectivity index (χ1) is 6.22. The number of hydrogen-bond donors (Lipinski definition) is 2. The van der Waals surface area contributed by atoms with Gasteiger partial charge >= 0.3 is 0 Å². The SMILES string of the molecule is CNCc1nccc(NC(C)C)n1. The van der Waals surface area contributed by atoms with E-state index < -0.39 is 0 Å². The number of nitrogens with one attached hydrogen (secondary N) is 2. The summed E-state index contributed by atoms with van der Waals surface area (Å²) in [5.41, 5.74) is 0. The predicted molar refractivity (Wildman–Crippen MR) is 53.6 cm³/mol. The van der Waals surface area contributed by atoms with Crippen LogP contribution in [0.15, 0.2) is 12.3 Å². The van der Waals surface area contributed by atoms with E-state index in [1.54, 1.807) is 6.20 Å². The fourth-order valence-electron chi connectivity index (χ4n) is 1.02. The van der Waals surface area contributed by atoms with Crippen LogP contribution in [0.4, 0.5) is 5.82 Å². The van der Waals surface area contributed by atoms with E-state index in [9.17, 15) is 0 Å². The van der Waals surface area contributed by atoms with Crippen molar-refractivity contribution in [1.82, 2.24) is 15.3 Å². The molecule has 4 heteroatoms. The van der Waals surface area contributed by atoms with Crippen molar-refractivity contribution in [1.29, 1.82) is 0 Å². The number of aromatic nitrogens is 2. The van der Waals surface area contributed by atoms with Crippen molar-refractivity contribution in [2.75, 3.05) is 12.4 Å². The fraction of sp³-hybridized carbons (Fsp3) is 0.556.